The molecule has 5 nitrogen and oxygen atoms in total. The number of methoxy groups -OCH3 is 1. The average Bonchev–Trinajstić information content (AvgIpc) is 3.13. The number of rotatable bonds is 4. The van der Waals surface area contributed by atoms with Gasteiger partial charge in [-0.3, -0.25) is 0 Å². The second-order valence-electron chi connectivity index (χ2n) is 4.17. The molecule has 1 aromatic carbocycles. The monoisotopic (exact) mass is 254 g/mol. The first-order valence-electron chi connectivity index (χ1n) is 5.97. The molecule has 0 spiro atoms. The third kappa shape index (κ3) is 2.22. The number of imidazole rings is 2. The molecule has 3 aromatic rings. The normalized spacial score (nSPS) is 10.8. The van der Waals surface area contributed by atoms with E-state index >= 15 is 0 Å². The largest absolute Gasteiger partial charge is 0.497 e. The molecule has 0 unspecified atom stereocenters. The minimum atomic E-state index is 0.0101. The lowest BCUT2D eigenvalue weighted by Crippen LogP contribution is -2.16. The smallest absolute Gasteiger partial charge is 0.137 e. The third-order valence-corrected chi connectivity index (χ3v) is 3.03. The maximum atomic E-state index is 5.19. The number of aromatic nitrogens is 4. The van der Waals surface area contributed by atoms with Crippen molar-refractivity contribution in [1.82, 2.24) is 19.1 Å². The van der Waals surface area contributed by atoms with Crippen LogP contribution < -0.4 is 4.74 Å². The van der Waals surface area contributed by atoms with Crippen molar-refractivity contribution in [1.29, 1.82) is 0 Å². The summed E-state index contributed by atoms with van der Waals surface area (Å²) in [6, 6.07) is 8.00. The minimum absolute atomic E-state index is 0.0101. The predicted molar refractivity (Wildman–Crippen MR) is 71.0 cm³/mol. The van der Waals surface area contributed by atoms with E-state index in [0.29, 0.717) is 0 Å². The highest BCUT2D eigenvalue weighted by Crippen LogP contribution is 2.22. The summed E-state index contributed by atoms with van der Waals surface area (Å²) in [4.78, 5) is 8.23. The first-order chi connectivity index (χ1) is 9.38. The Bertz CT molecular complexity index is 580. The lowest BCUT2D eigenvalue weighted by Gasteiger charge is -2.20. The van der Waals surface area contributed by atoms with E-state index in [-0.39, 0.29) is 6.17 Å². The SMILES string of the molecule is COc1ccc(C(n2ccnc2)n2ccnc2)cc1. The van der Waals surface area contributed by atoms with E-state index in [4.69, 9.17) is 4.74 Å². The maximum absolute atomic E-state index is 5.19. The Morgan fingerprint density at radius 1 is 0.947 bits per heavy atom. The Hall–Kier alpha value is -2.56. The van der Waals surface area contributed by atoms with E-state index in [9.17, 15) is 0 Å². The zero-order valence-corrected chi connectivity index (χ0v) is 10.5. The second kappa shape index (κ2) is 4.97. The molecule has 0 amide bonds. The molecule has 96 valence electrons. The predicted octanol–water partition coefficient (Wildman–Crippen LogP) is 2.18. The average molecular weight is 254 g/mol. The van der Waals surface area contributed by atoms with Gasteiger partial charge in [-0.25, -0.2) is 9.97 Å². The van der Waals surface area contributed by atoms with Crippen LogP contribution in [0.3, 0.4) is 0 Å². The Balaban J connectivity index is 2.04. The summed E-state index contributed by atoms with van der Waals surface area (Å²) in [7, 11) is 1.66. The van der Waals surface area contributed by atoms with Crippen LogP contribution in [0.5, 0.6) is 5.75 Å². The van der Waals surface area contributed by atoms with E-state index in [1.807, 2.05) is 45.8 Å². The summed E-state index contributed by atoms with van der Waals surface area (Å²) in [5.41, 5.74) is 1.14. The fraction of sp³-hybridized carbons (Fsp3) is 0.143. The van der Waals surface area contributed by atoms with Crippen molar-refractivity contribution < 1.29 is 4.74 Å². The van der Waals surface area contributed by atoms with Crippen molar-refractivity contribution in [2.75, 3.05) is 7.11 Å². The fourth-order valence-corrected chi connectivity index (χ4v) is 2.10. The zero-order chi connectivity index (χ0) is 13.1. The highest BCUT2D eigenvalue weighted by Gasteiger charge is 2.14. The van der Waals surface area contributed by atoms with Crippen LogP contribution in [0, 0.1) is 0 Å². The Morgan fingerprint density at radius 2 is 1.53 bits per heavy atom. The molecule has 0 radical (unpaired) electrons. The summed E-state index contributed by atoms with van der Waals surface area (Å²) >= 11 is 0. The van der Waals surface area contributed by atoms with E-state index in [1.165, 1.54) is 0 Å². The highest BCUT2D eigenvalue weighted by molar-refractivity contribution is 5.29. The number of benzene rings is 1. The summed E-state index contributed by atoms with van der Waals surface area (Å²) < 4.78 is 9.25. The van der Waals surface area contributed by atoms with Gasteiger partial charge in [-0.05, 0) is 17.7 Å². The van der Waals surface area contributed by atoms with Gasteiger partial charge in [0.15, 0.2) is 0 Å². The van der Waals surface area contributed by atoms with Gasteiger partial charge in [0.25, 0.3) is 0 Å². The molecule has 0 bridgehead atoms. The fourth-order valence-electron chi connectivity index (χ4n) is 2.10. The summed E-state index contributed by atoms with van der Waals surface area (Å²) in [6.45, 7) is 0. The van der Waals surface area contributed by atoms with Gasteiger partial charge >= 0.3 is 0 Å². The molecule has 19 heavy (non-hydrogen) atoms. The number of ether oxygens (including phenoxy) is 1. The van der Waals surface area contributed by atoms with E-state index < -0.39 is 0 Å². The maximum Gasteiger partial charge on any atom is 0.137 e. The molecule has 0 N–H and O–H groups in total. The van der Waals surface area contributed by atoms with Crippen molar-refractivity contribution in [3.8, 4) is 5.75 Å². The van der Waals surface area contributed by atoms with Crippen molar-refractivity contribution in [2.45, 2.75) is 6.17 Å². The van der Waals surface area contributed by atoms with Gasteiger partial charge in [0, 0.05) is 24.8 Å². The molecule has 0 saturated carbocycles. The van der Waals surface area contributed by atoms with E-state index in [1.54, 1.807) is 32.2 Å². The van der Waals surface area contributed by atoms with Crippen LogP contribution in [-0.2, 0) is 0 Å². The molecule has 2 aromatic heterocycles. The van der Waals surface area contributed by atoms with Crippen LogP contribution in [0.15, 0.2) is 61.7 Å². The first kappa shape index (κ1) is 11.5. The lowest BCUT2D eigenvalue weighted by atomic mass is 10.1. The Morgan fingerprint density at radius 3 is 1.95 bits per heavy atom. The van der Waals surface area contributed by atoms with Gasteiger partial charge in [0.2, 0.25) is 0 Å². The molecule has 0 aliphatic heterocycles. The molecule has 0 saturated heterocycles. The molecule has 0 atom stereocenters. The molecule has 3 rings (SSSR count). The van der Waals surface area contributed by atoms with Crippen molar-refractivity contribution in [3.63, 3.8) is 0 Å². The molecule has 0 aliphatic carbocycles. The van der Waals surface area contributed by atoms with Crippen LogP contribution in [-0.4, -0.2) is 26.2 Å². The minimum Gasteiger partial charge on any atom is -0.497 e. The van der Waals surface area contributed by atoms with Crippen LogP contribution in [0.2, 0.25) is 0 Å². The molecule has 0 aliphatic rings. The van der Waals surface area contributed by atoms with Crippen LogP contribution in [0.25, 0.3) is 0 Å². The lowest BCUT2D eigenvalue weighted by molar-refractivity contribution is 0.414. The number of nitrogens with zero attached hydrogens (tertiary/aromatic N) is 4. The van der Waals surface area contributed by atoms with Crippen molar-refractivity contribution in [2.24, 2.45) is 0 Å². The molecule has 0 fully saturated rings. The van der Waals surface area contributed by atoms with Gasteiger partial charge in [-0.2, -0.15) is 0 Å². The molecule has 5 heteroatoms. The first-order valence-corrected chi connectivity index (χ1v) is 5.97. The van der Waals surface area contributed by atoms with E-state index in [0.717, 1.165) is 11.3 Å². The van der Waals surface area contributed by atoms with Crippen molar-refractivity contribution in [3.05, 3.63) is 67.3 Å². The van der Waals surface area contributed by atoms with Crippen LogP contribution in [0.4, 0.5) is 0 Å². The zero-order valence-electron chi connectivity index (χ0n) is 10.5. The summed E-state index contributed by atoms with van der Waals surface area (Å²) in [5.74, 6) is 0.846. The molecule has 2 heterocycles. The topological polar surface area (TPSA) is 44.9 Å². The van der Waals surface area contributed by atoms with Gasteiger partial charge < -0.3 is 13.9 Å². The quantitative estimate of drug-likeness (QED) is 0.717. The Labute approximate surface area is 111 Å². The third-order valence-electron chi connectivity index (χ3n) is 3.03. The van der Waals surface area contributed by atoms with Gasteiger partial charge in [-0.15, -0.1) is 0 Å². The van der Waals surface area contributed by atoms with Crippen molar-refractivity contribution >= 4 is 0 Å². The van der Waals surface area contributed by atoms with Gasteiger partial charge in [0.1, 0.15) is 11.9 Å². The molecular formula is C14H14N4O. The summed E-state index contributed by atoms with van der Waals surface area (Å²) in [5, 5.41) is 0. The van der Waals surface area contributed by atoms with Gasteiger partial charge in [-0.1, -0.05) is 12.1 Å². The number of hydrogen-bond donors (Lipinski definition) is 0. The Kier molecular flexibility index (Phi) is 3.02. The standard InChI is InChI=1S/C14H14N4O/c1-19-13-4-2-12(3-5-13)14(17-8-6-15-10-17)18-9-7-16-11-18/h2-11,14H,1H3. The summed E-state index contributed by atoms with van der Waals surface area (Å²) in [6.07, 6.45) is 11.0. The molecular weight excluding hydrogens is 240 g/mol. The number of hydrogen-bond acceptors (Lipinski definition) is 3. The van der Waals surface area contributed by atoms with Gasteiger partial charge in [0.05, 0.1) is 19.8 Å². The second-order valence-corrected chi connectivity index (χ2v) is 4.17. The van der Waals surface area contributed by atoms with Crippen LogP contribution in [0.1, 0.15) is 11.7 Å². The highest BCUT2D eigenvalue weighted by atomic mass is 16.5. The van der Waals surface area contributed by atoms with E-state index in [2.05, 4.69) is 9.97 Å². The van der Waals surface area contributed by atoms with Crippen LogP contribution >= 0.6 is 0 Å².